The van der Waals surface area contributed by atoms with E-state index in [-0.39, 0.29) is 5.91 Å². The standard InChI is InChI=1S/C23H23N3O3/c24-8-3-9-25-10-4-11-26-19-6-2-1-5-17(19)23(22(26)27)15-29-21-14-20-16(7-12-28-20)13-18(21)23/h1-2,5-6,13-14,25H,3-4,7,9-12,15H2. The maximum absolute atomic E-state index is 13.8. The van der Waals surface area contributed by atoms with E-state index in [9.17, 15) is 4.79 Å². The Labute approximate surface area is 170 Å². The number of carbonyl (C=O) groups excluding carboxylic acids is 1. The van der Waals surface area contributed by atoms with E-state index in [4.69, 9.17) is 14.7 Å². The second kappa shape index (κ2) is 7.09. The second-order valence-corrected chi connectivity index (χ2v) is 7.73. The number of nitrogens with zero attached hydrogens (tertiary/aromatic N) is 2. The highest BCUT2D eigenvalue weighted by Crippen LogP contribution is 2.53. The quantitative estimate of drug-likeness (QED) is 0.769. The number of nitriles is 1. The summed E-state index contributed by atoms with van der Waals surface area (Å²) < 4.78 is 11.7. The molecule has 0 radical (unpaired) electrons. The number of carbonyl (C=O) groups is 1. The SMILES string of the molecule is N#CCCNCCCN1C(=O)C2(COc3cc4c(cc32)CCO4)c2ccccc21. The molecule has 3 aliphatic rings. The number of hydrogen-bond donors (Lipinski definition) is 1. The molecule has 1 spiro atoms. The first kappa shape index (κ1) is 18.0. The molecule has 0 saturated heterocycles. The summed E-state index contributed by atoms with van der Waals surface area (Å²) in [7, 11) is 0. The van der Waals surface area contributed by atoms with Gasteiger partial charge >= 0.3 is 0 Å². The first-order valence-corrected chi connectivity index (χ1v) is 10.2. The summed E-state index contributed by atoms with van der Waals surface area (Å²) in [6.45, 7) is 3.11. The van der Waals surface area contributed by atoms with Gasteiger partial charge in [0.1, 0.15) is 23.5 Å². The average Bonchev–Trinajstić information content (AvgIpc) is 3.41. The minimum absolute atomic E-state index is 0.0911. The zero-order valence-corrected chi connectivity index (χ0v) is 16.2. The Morgan fingerprint density at radius 2 is 2.03 bits per heavy atom. The Hall–Kier alpha value is -3.04. The van der Waals surface area contributed by atoms with Crippen LogP contribution in [0.15, 0.2) is 36.4 Å². The molecule has 1 atom stereocenters. The van der Waals surface area contributed by atoms with Crippen molar-refractivity contribution in [3.05, 3.63) is 53.1 Å². The van der Waals surface area contributed by atoms with Crippen LogP contribution in [0.25, 0.3) is 0 Å². The zero-order valence-electron chi connectivity index (χ0n) is 16.2. The molecule has 3 heterocycles. The topological polar surface area (TPSA) is 74.6 Å². The van der Waals surface area contributed by atoms with E-state index in [1.54, 1.807) is 0 Å². The van der Waals surface area contributed by atoms with Crippen LogP contribution in [-0.2, 0) is 16.6 Å². The van der Waals surface area contributed by atoms with Gasteiger partial charge in [0.05, 0.1) is 12.7 Å². The number of ether oxygens (including phenoxy) is 2. The third-order valence-electron chi connectivity index (χ3n) is 6.11. The molecular formula is C23H23N3O3. The predicted octanol–water partition coefficient (Wildman–Crippen LogP) is 2.54. The molecule has 6 heteroatoms. The number of hydrogen-bond acceptors (Lipinski definition) is 5. The lowest BCUT2D eigenvalue weighted by molar-refractivity contribution is -0.122. The summed E-state index contributed by atoms with van der Waals surface area (Å²) in [5, 5.41) is 11.9. The van der Waals surface area contributed by atoms with Crippen molar-refractivity contribution in [1.82, 2.24) is 5.32 Å². The van der Waals surface area contributed by atoms with Gasteiger partial charge < -0.3 is 19.7 Å². The molecule has 1 amide bonds. The summed E-state index contributed by atoms with van der Waals surface area (Å²) in [5.41, 5.74) is 3.35. The van der Waals surface area contributed by atoms with Crippen molar-refractivity contribution in [3.8, 4) is 17.6 Å². The van der Waals surface area contributed by atoms with Gasteiger partial charge in [-0.3, -0.25) is 4.79 Å². The molecule has 5 rings (SSSR count). The highest BCUT2D eigenvalue weighted by atomic mass is 16.5. The molecule has 2 aromatic carbocycles. The van der Waals surface area contributed by atoms with Crippen molar-refractivity contribution in [2.45, 2.75) is 24.7 Å². The van der Waals surface area contributed by atoms with Crippen LogP contribution in [0.2, 0.25) is 0 Å². The number of anilines is 1. The Balaban J connectivity index is 1.46. The third-order valence-corrected chi connectivity index (χ3v) is 6.11. The largest absolute Gasteiger partial charge is 0.493 e. The lowest BCUT2D eigenvalue weighted by Crippen LogP contribution is -2.43. The van der Waals surface area contributed by atoms with Crippen LogP contribution >= 0.6 is 0 Å². The molecular weight excluding hydrogens is 366 g/mol. The highest BCUT2D eigenvalue weighted by Gasteiger charge is 2.56. The molecule has 0 aliphatic carbocycles. The summed E-state index contributed by atoms with van der Waals surface area (Å²) in [5.74, 6) is 1.72. The van der Waals surface area contributed by atoms with Gasteiger partial charge in [0, 0.05) is 43.2 Å². The fraction of sp³-hybridized carbons (Fsp3) is 0.391. The summed E-state index contributed by atoms with van der Waals surface area (Å²) in [6, 6.07) is 14.3. The zero-order chi connectivity index (χ0) is 19.8. The van der Waals surface area contributed by atoms with Crippen molar-refractivity contribution in [2.24, 2.45) is 0 Å². The smallest absolute Gasteiger partial charge is 0.245 e. The van der Waals surface area contributed by atoms with Crippen LogP contribution in [-0.4, -0.2) is 38.8 Å². The number of fused-ring (bicyclic) bond motifs is 5. The van der Waals surface area contributed by atoms with Crippen molar-refractivity contribution in [2.75, 3.05) is 37.7 Å². The average molecular weight is 389 g/mol. The van der Waals surface area contributed by atoms with Gasteiger partial charge in [-0.2, -0.15) is 5.26 Å². The van der Waals surface area contributed by atoms with Gasteiger partial charge in [-0.05, 0) is 36.2 Å². The molecule has 0 saturated carbocycles. The Morgan fingerprint density at radius 1 is 1.14 bits per heavy atom. The Morgan fingerprint density at radius 3 is 2.93 bits per heavy atom. The monoisotopic (exact) mass is 389 g/mol. The van der Waals surface area contributed by atoms with Crippen LogP contribution < -0.4 is 19.7 Å². The van der Waals surface area contributed by atoms with Crippen molar-refractivity contribution in [3.63, 3.8) is 0 Å². The van der Waals surface area contributed by atoms with Gasteiger partial charge in [-0.15, -0.1) is 0 Å². The van der Waals surface area contributed by atoms with E-state index >= 15 is 0 Å². The fourth-order valence-corrected chi connectivity index (χ4v) is 4.70. The normalized spacial score (nSPS) is 20.8. The van der Waals surface area contributed by atoms with E-state index in [1.165, 1.54) is 0 Å². The predicted molar refractivity (Wildman–Crippen MR) is 108 cm³/mol. The van der Waals surface area contributed by atoms with Crippen molar-refractivity contribution < 1.29 is 14.3 Å². The lowest BCUT2D eigenvalue weighted by atomic mass is 9.76. The minimum Gasteiger partial charge on any atom is -0.493 e. The number of nitrogens with one attached hydrogen (secondary N) is 1. The lowest BCUT2D eigenvalue weighted by Gasteiger charge is -2.23. The maximum atomic E-state index is 13.8. The number of rotatable bonds is 6. The van der Waals surface area contributed by atoms with Gasteiger partial charge in [-0.1, -0.05) is 18.2 Å². The highest BCUT2D eigenvalue weighted by molar-refractivity contribution is 6.11. The van der Waals surface area contributed by atoms with Crippen LogP contribution in [0, 0.1) is 11.3 Å². The van der Waals surface area contributed by atoms with Crippen LogP contribution in [0.5, 0.6) is 11.5 Å². The third kappa shape index (κ3) is 2.69. The Kier molecular flexibility index (Phi) is 4.40. The number of para-hydroxylation sites is 1. The minimum atomic E-state index is -0.766. The molecule has 6 nitrogen and oxygen atoms in total. The van der Waals surface area contributed by atoms with Crippen LogP contribution in [0.4, 0.5) is 5.69 Å². The van der Waals surface area contributed by atoms with Gasteiger partial charge in [0.2, 0.25) is 5.91 Å². The summed E-state index contributed by atoms with van der Waals surface area (Å²) >= 11 is 0. The first-order chi connectivity index (χ1) is 14.3. The summed E-state index contributed by atoms with van der Waals surface area (Å²) in [4.78, 5) is 15.7. The van der Waals surface area contributed by atoms with Gasteiger partial charge in [0.25, 0.3) is 0 Å². The van der Waals surface area contributed by atoms with E-state index in [0.717, 1.165) is 53.3 Å². The molecule has 1 unspecified atom stereocenters. The molecule has 0 aromatic heterocycles. The maximum Gasteiger partial charge on any atom is 0.245 e. The Bertz CT molecular complexity index is 1010. The van der Waals surface area contributed by atoms with E-state index in [2.05, 4.69) is 23.5 Å². The fourth-order valence-electron chi connectivity index (χ4n) is 4.70. The molecule has 29 heavy (non-hydrogen) atoms. The molecule has 148 valence electrons. The molecule has 3 aliphatic heterocycles. The molecule has 1 N–H and O–H groups in total. The van der Waals surface area contributed by atoms with Crippen LogP contribution in [0.3, 0.4) is 0 Å². The summed E-state index contributed by atoms with van der Waals surface area (Å²) in [6.07, 6.45) is 2.19. The van der Waals surface area contributed by atoms with Gasteiger partial charge in [0.15, 0.2) is 0 Å². The molecule has 2 aromatic rings. The molecule has 0 bridgehead atoms. The van der Waals surface area contributed by atoms with E-state index in [0.29, 0.717) is 32.7 Å². The van der Waals surface area contributed by atoms with Crippen molar-refractivity contribution >= 4 is 11.6 Å². The number of amides is 1. The van der Waals surface area contributed by atoms with E-state index < -0.39 is 5.41 Å². The first-order valence-electron chi connectivity index (χ1n) is 10.2. The van der Waals surface area contributed by atoms with E-state index in [1.807, 2.05) is 29.2 Å². The second-order valence-electron chi connectivity index (χ2n) is 7.73. The van der Waals surface area contributed by atoms with Crippen LogP contribution in [0.1, 0.15) is 29.5 Å². The van der Waals surface area contributed by atoms with Gasteiger partial charge in [-0.25, -0.2) is 0 Å². The van der Waals surface area contributed by atoms with Crippen molar-refractivity contribution in [1.29, 1.82) is 5.26 Å². The molecule has 0 fully saturated rings. The number of benzene rings is 2.